The molecule has 2 atom stereocenters. The topological polar surface area (TPSA) is 41.3 Å². The molecule has 0 radical (unpaired) electrons. The van der Waals surface area contributed by atoms with Gasteiger partial charge < -0.3 is 4.74 Å². The average Bonchev–Trinajstić information content (AvgIpc) is 3.06. The van der Waals surface area contributed by atoms with Gasteiger partial charge in [0.25, 0.3) is 12.1 Å². The molecule has 18 heavy (non-hydrogen) atoms. The van der Waals surface area contributed by atoms with Crippen LogP contribution in [-0.4, -0.2) is 29.1 Å². The van der Waals surface area contributed by atoms with Crippen molar-refractivity contribution in [3.63, 3.8) is 0 Å². The van der Waals surface area contributed by atoms with E-state index >= 15 is 0 Å². The van der Waals surface area contributed by atoms with Gasteiger partial charge in [0, 0.05) is 12.0 Å². The predicted octanol–water partition coefficient (Wildman–Crippen LogP) is 0.842. The summed E-state index contributed by atoms with van der Waals surface area (Å²) in [5, 5.41) is 0. The summed E-state index contributed by atoms with van der Waals surface area (Å²) in [5.41, 5.74) is 6.80. The second-order valence-corrected chi connectivity index (χ2v) is 5.11. The number of hydrazone groups is 1. The molecule has 0 aromatic heterocycles. The molecule has 2 unspecified atom stereocenters. The van der Waals surface area contributed by atoms with E-state index in [4.69, 9.17) is 4.74 Å². The zero-order valence-electron chi connectivity index (χ0n) is 10.1. The summed E-state index contributed by atoms with van der Waals surface area (Å²) in [6.07, 6.45) is 2.77. The molecule has 2 saturated heterocycles. The van der Waals surface area contributed by atoms with Crippen LogP contribution in [0.5, 0.6) is 0 Å². The lowest BCUT2D eigenvalue weighted by Crippen LogP contribution is -2.35. The van der Waals surface area contributed by atoms with Crippen LogP contribution in [0.2, 0.25) is 0 Å². The third-order valence-corrected chi connectivity index (χ3v) is 4.13. The lowest BCUT2D eigenvalue weighted by Gasteiger charge is -2.05. The first-order valence-electron chi connectivity index (χ1n) is 6.50. The number of hydrazine groups is 1. The van der Waals surface area contributed by atoms with Crippen LogP contribution in [0.4, 0.5) is 0 Å². The van der Waals surface area contributed by atoms with Gasteiger partial charge in [-0.2, -0.15) is 0 Å². The van der Waals surface area contributed by atoms with Gasteiger partial charge in [-0.15, -0.1) is 5.43 Å². The van der Waals surface area contributed by atoms with Crippen molar-refractivity contribution in [3.8, 4) is 0 Å². The van der Waals surface area contributed by atoms with Crippen molar-refractivity contribution in [2.24, 2.45) is 5.92 Å². The number of hydrogen-bond donors (Lipinski definition) is 1. The van der Waals surface area contributed by atoms with Gasteiger partial charge >= 0.3 is 0 Å². The standard InChI is InChI=1S/C14H14N2O2/c17-13-11-7-8-18-14(11)16(15-13)12-6-5-9-3-1-2-4-10(9)12/h1-4,11,14H,5-8H2/p+1. The Hall–Kier alpha value is -1.68. The third kappa shape index (κ3) is 1.29. The number of rotatable bonds is 0. The number of benzene rings is 1. The van der Waals surface area contributed by atoms with Crippen LogP contribution in [0.15, 0.2) is 24.3 Å². The van der Waals surface area contributed by atoms with Crippen molar-refractivity contribution in [1.82, 2.24) is 5.43 Å². The zero-order chi connectivity index (χ0) is 12.1. The van der Waals surface area contributed by atoms with Crippen LogP contribution in [0, 0.1) is 5.92 Å². The van der Waals surface area contributed by atoms with Crippen molar-refractivity contribution < 1.29 is 14.2 Å². The average molecular weight is 243 g/mol. The highest BCUT2D eigenvalue weighted by atomic mass is 16.5. The Morgan fingerprint density at radius 3 is 3.11 bits per heavy atom. The molecule has 0 spiro atoms. The molecule has 3 aliphatic rings. The maximum absolute atomic E-state index is 11.9. The van der Waals surface area contributed by atoms with Crippen molar-refractivity contribution in [3.05, 3.63) is 35.4 Å². The molecule has 1 aliphatic carbocycles. The first-order valence-corrected chi connectivity index (χ1v) is 6.50. The Labute approximate surface area is 105 Å². The van der Waals surface area contributed by atoms with E-state index in [9.17, 15) is 4.79 Å². The zero-order valence-corrected chi connectivity index (χ0v) is 10.1. The van der Waals surface area contributed by atoms with Crippen LogP contribution in [0.3, 0.4) is 0 Å². The van der Waals surface area contributed by atoms with Crippen molar-refractivity contribution in [2.75, 3.05) is 6.61 Å². The molecule has 0 bridgehead atoms. The van der Waals surface area contributed by atoms with Crippen LogP contribution in [0.1, 0.15) is 24.0 Å². The van der Waals surface area contributed by atoms with Gasteiger partial charge in [0.15, 0.2) is 0 Å². The Morgan fingerprint density at radius 1 is 1.28 bits per heavy atom. The normalized spacial score (nSPS) is 33.4. The second-order valence-electron chi connectivity index (χ2n) is 5.11. The van der Waals surface area contributed by atoms with Crippen LogP contribution in [0.25, 0.3) is 0 Å². The molecule has 0 saturated carbocycles. The molecule has 2 heterocycles. The molecule has 1 amide bonds. The molecular formula is C14H15N2O2+. The van der Waals surface area contributed by atoms with Crippen LogP contribution < -0.4 is 5.43 Å². The third-order valence-electron chi connectivity index (χ3n) is 4.13. The van der Waals surface area contributed by atoms with E-state index in [2.05, 4.69) is 29.7 Å². The number of carbonyl (C=O) groups excluding carboxylic acids is 1. The fourth-order valence-electron chi connectivity index (χ4n) is 3.23. The molecule has 4 nitrogen and oxygen atoms in total. The molecule has 1 aromatic rings. The summed E-state index contributed by atoms with van der Waals surface area (Å²) in [7, 11) is 0. The number of aryl methyl sites for hydroxylation is 1. The Bertz CT molecular complexity index is 565. The van der Waals surface area contributed by atoms with Crippen molar-refractivity contribution in [1.29, 1.82) is 0 Å². The molecule has 1 aromatic carbocycles. The van der Waals surface area contributed by atoms with Crippen molar-refractivity contribution in [2.45, 2.75) is 25.5 Å². The molecule has 92 valence electrons. The minimum atomic E-state index is -0.0985. The Kier molecular flexibility index (Phi) is 2.08. The summed E-state index contributed by atoms with van der Waals surface area (Å²) < 4.78 is 7.67. The summed E-state index contributed by atoms with van der Waals surface area (Å²) in [6, 6.07) is 8.41. The summed E-state index contributed by atoms with van der Waals surface area (Å²) in [6.45, 7) is 0.689. The Balaban J connectivity index is 1.83. The number of nitrogens with one attached hydrogen (secondary N) is 1. The van der Waals surface area contributed by atoms with E-state index in [0.717, 1.165) is 19.3 Å². The first-order chi connectivity index (χ1) is 8.84. The van der Waals surface area contributed by atoms with Crippen molar-refractivity contribution >= 4 is 11.6 Å². The predicted molar refractivity (Wildman–Crippen MR) is 65.1 cm³/mol. The van der Waals surface area contributed by atoms with E-state index in [-0.39, 0.29) is 18.1 Å². The quantitative estimate of drug-likeness (QED) is 0.686. The first kappa shape index (κ1) is 10.3. The molecular weight excluding hydrogens is 228 g/mol. The van der Waals surface area contributed by atoms with E-state index in [1.54, 1.807) is 0 Å². The highest BCUT2D eigenvalue weighted by Crippen LogP contribution is 2.29. The number of fused-ring (bicyclic) bond motifs is 2. The maximum Gasteiger partial charge on any atom is 0.298 e. The van der Waals surface area contributed by atoms with Crippen LogP contribution in [-0.2, 0) is 16.0 Å². The molecule has 4 heteroatoms. The van der Waals surface area contributed by atoms with Gasteiger partial charge in [0.1, 0.15) is 5.92 Å². The van der Waals surface area contributed by atoms with Crippen LogP contribution >= 0.6 is 0 Å². The van der Waals surface area contributed by atoms with Gasteiger partial charge in [-0.05, 0) is 24.5 Å². The lowest BCUT2D eigenvalue weighted by molar-refractivity contribution is -0.634. The fraction of sp³-hybridized carbons (Fsp3) is 0.429. The van der Waals surface area contributed by atoms with Gasteiger partial charge in [-0.25, -0.2) is 0 Å². The number of ether oxygens (including phenoxy) is 1. The second kappa shape index (κ2) is 3.65. The highest BCUT2D eigenvalue weighted by Gasteiger charge is 2.52. The van der Waals surface area contributed by atoms with Gasteiger partial charge in [0.05, 0.1) is 6.61 Å². The Morgan fingerprint density at radius 2 is 2.17 bits per heavy atom. The maximum atomic E-state index is 11.9. The van der Waals surface area contributed by atoms with Gasteiger partial charge in [-0.1, -0.05) is 22.9 Å². The molecule has 1 N–H and O–H groups in total. The number of nitrogens with zero attached hydrogens (tertiary/aromatic N) is 1. The summed E-state index contributed by atoms with van der Waals surface area (Å²) in [4.78, 5) is 11.9. The SMILES string of the molecule is O=C1N[N+](=C2CCc3ccccc32)C2OCCC12. The van der Waals surface area contributed by atoms with Gasteiger partial charge in [-0.3, -0.25) is 4.79 Å². The molecule has 2 fully saturated rings. The minimum Gasteiger partial charge on any atom is -0.319 e. The molecule has 4 rings (SSSR count). The summed E-state index contributed by atoms with van der Waals surface area (Å²) in [5.74, 6) is 0.111. The number of carbonyl (C=O) groups is 1. The van der Waals surface area contributed by atoms with E-state index in [0.29, 0.717) is 6.61 Å². The highest BCUT2D eigenvalue weighted by molar-refractivity contribution is 6.01. The smallest absolute Gasteiger partial charge is 0.298 e. The van der Waals surface area contributed by atoms with E-state index in [1.807, 2.05) is 4.68 Å². The van der Waals surface area contributed by atoms with E-state index < -0.39 is 0 Å². The number of hydrogen-bond acceptors (Lipinski definition) is 2. The van der Waals surface area contributed by atoms with Gasteiger partial charge in [0.2, 0.25) is 5.71 Å². The largest absolute Gasteiger partial charge is 0.319 e. The lowest BCUT2D eigenvalue weighted by atomic mass is 10.1. The number of amides is 1. The van der Waals surface area contributed by atoms with E-state index in [1.165, 1.54) is 16.8 Å². The monoisotopic (exact) mass is 243 g/mol. The molecule has 2 aliphatic heterocycles. The summed E-state index contributed by atoms with van der Waals surface area (Å²) >= 11 is 0. The fourth-order valence-corrected chi connectivity index (χ4v) is 3.23. The minimum absolute atomic E-state index is 0.00487.